The van der Waals surface area contributed by atoms with Gasteiger partial charge in [-0.3, -0.25) is 0 Å². The highest BCUT2D eigenvalue weighted by Gasteiger charge is 2.14. The summed E-state index contributed by atoms with van der Waals surface area (Å²) in [7, 11) is 0. The van der Waals surface area contributed by atoms with Gasteiger partial charge in [0.2, 0.25) is 0 Å². The van der Waals surface area contributed by atoms with Crippen LogP contribution in [-0.4, -0.2) is 12.3 Å². The predicted molar refractivity (Wildman–Crippen MR) is 86.8 cm³/mol. The molecular formula is C18H14ClNO. The molecule has 0 radical (unpaired) electrons. The second-order valence-corrected chi connectivity index (χ2v) is 5.13. The van der Waals surface area contributed by atoms with Crippen molar-refractivity contribution in [3.05, 3.63) is 58.6 Å². The monoisotopic (exact) mass is 295 g/mol. The lowest BCUT2D eigenvalue weighted by atomic mass is 10.1. The molecule has 0 saturated heterocycles. The van der Waals surface area contributed by atoms with Gasteiger partial charge in [-0.05, 0) is 29.8 Å². The maximum absolute atomic E-state index is 5.95. The van der Waals surface area contributed by atoms with E-state index in [-0.39, 0.29) is 0 Å². The lowest BCUT2D eigenvalue weighted by Gasteiger charge is -2.17. The fourth-order valence-electron chi connectivity index (χ4n) is 2.10. The number of benzene rings is 2. The maximum atomic E-state index is 5.95. The number of ether oxygens (including phenoxy) is 1. The van der Waals surface area contributed by atoms with Crippen LogP contribution in [0.2, 0.25) is 5.02 Å². The van der Waals surface area contributed by atoms with Crippen LogP contribution in [-0.2, 0) is 0 Å². The molecule has 0 atom stereocenters. The van der Waals surface area contributed by atoms with Crippen molar-refractivity contribution in [3.63, 3.8) is 0 Å². The summed E-state index contributed by atoms with van der Waals surface area (Å²) >= 11 is 5.95. The van der Waals surface area contributed by atoms with E-state index in [1.807, 2.05) is 43.3 Å². The minimum absolute atomic E-state index is 0.452. The van der Waals surface area contributed by atoms with Gasteiger partial charge in [-0.2, -0.15) is 0 Å². The Morgan fingerprint density at radius 1 is 1.19 bits per heavy atom. The Kier molecular flexibility index (Phi) is 3.94. The third kappa shape index (κ3) is 3.09. The molecule has 0 bridgehead atoms. The smallest absolute Gasteiger partial charge is 0.146 e. The topological polar surface area (TPSA) is 21.6 Å². The zero-order valence-corrected chi connectivity index (χ0v) is 12.4. The summed E-state index contributed by atoms with van der Waals surface area (Å²) in [6.07, 6.45) is 0.863. The van der Waals surface area contributed by atoms with E-state index in [1.165, 1.54) is 0 Å². The Morgan fingerprint density at radius 2 is 2.00 bits per heavy atom. The minimum Gasteiger partial charge on any atom is -0.485 e. The number of hydrogen-bond donors (Lipinski definition) is 0. The Hall–Kier alpha value is -2.24. The van der Waals surface area contributed by atoms with Gasteiger partial charge in [0.05, 0.1) is 5.71 Å². The molecule has 0 saturated carbocycles. The molecule has 0 spiro atoms. The van der Waals surface area contributed by atoms with E-state index in [4.69, 9.17) is 16.3 Å². The van der Waals surface area contributed by atoms with Gasteiger partial charge in [-0.1, -0.05) is 42.5 Å². The molecule has 2 aromatic carbocycles. The summed E-state index contributed by atoms with van der Waals surface area (Å²) in [6, 6.07) is 13.6. The third-order valence-electron chi connectivity index (χ3n) is 3.17. The third-order valence-corrected chi connectivity index (χ3v) is 3.40. The van der Waals surface area contributed by atoms with Gasteiger partial charge in [0.1, 0.15) is 18.0 Å². The van der Waals surface area contributed by atoms with Gasteiger partial charge in [-0.25, -0.2) is 4.99 Å². The zero-order chi connectivity index (χ0) is 14.7. The van der Waals surface area contributed by atoms with Gasteiger partial charge < -0.3 is 4.74 Å². The quantitative estimate of drug-likeness (QED) is 0.704. The summed E-state index contributed by atoms with van der Waals surface area (Å²) in [5.41, 5.74) is 3.80. The molecule has 2 nitrogen and oxygen atoms in total. The van der Waals surface area contributed by atoms with Crippen molar-refractivity contribution >= 4 is 23.0 Å². The van der Waals surface area contributed by atoms with Crippen molar-refractivity contribution in [2.75, 3.05) is 6.61 Å². The molecule has 2 aromatic rings. The Morgan fingerprint density at radius 3 is 2.76 bits per heavy atom. The summed E-state index contributed by atoms with van der Waals surface area (Å²) in [5, 5.41) is 0.659. The fraction of sp³-hybridized carbons (Fsp3) is 0.167. The van der Waals surface area contributed by atoms with Gasteiger partial charge in [0.25, 0.3) is 0 Å². The zero-order valence-electron chi connectivity index (χ0n) is 11.7. The lowest BCUT2D eigenvalue weighted by molar-refractivity contribution is 0.373. The Bertz CT molecular complexity index is 751. The minimum atomic E-state index is 0.452. The van der Waals surface area contributed by atoms with Crippen LogP contribution in [0.1, 0.15) is 24.5 Å². The first kappa shape index (κ1) is 13.7. The van der Waals surface area contributed by atoms with Crippen molar-refractivity contribution in [2.24, 2.45) is 4.99 Å². The summed E-state index contributed by atoms with van der Waals surface area (Å²) in [5.74, 6) is 6.91. The highest BCUT2D eigenvalue weighted by molar-refractivity contribution is 6.30. The van der Waals surface area contributed by atoms with Crippen molar-refractivity contribution in [3.8, 4) is 17.6 Å². The average Bonchev–Trinajstić information content (AvgIpc) is 2.53. The number of rotatable bonds is 1. The van der Waals surface area contributed by atoms with Crippen molar-refractivity contribution in [1.29, 1.82) is 0 Å². The molecule has 0 fully saturated rings. The molecule has 21 heavy (non-hydrogen) atoms. The second kappa shape index (κ2) is 6.03. The van der Waals surface area contributed by atoms with Crippen LogP contribution in [0.25, 0.3) is 0 Å². The number of hydrogen-bond acceptors (Lipinski definition) is 2. The molecule has 0 aliphatic carbocycles. The molecule has 0 amide bonds. The van der Waals surface area contributed by atoms with Crippen LogP contribution in [0.15, 0.2) is 47.5 Å². The normalized spacial score (nSPS) is 12.6. The molecule has 0 aromatic heterocycles. The van der Waals surface area contributed by atoms with E-state index in [0.717, 1.165) is 34.7 Å². The molecule has 1 heterocycles. The number of nitrogens with zero attached hydrogens (tertiary/aromatic N) is 1. The molecule has 0 unspecified atom stereocenters. The van der Waals surface area contributed by atoms with Crippen LogP contribution in [0.3, 0.4) is 0 Å². The molecule has 104 valence electrons. The van der Waals surface area contributed by atoms with Crippen LogP contribution >= 0.6 is 11.6 Å². The molecule has 1 aliphatic heterocycles. The van der Waals surface area contributed by atoms with E-state index in [0.29, 0.717) is 11.6 Å². The first-order valence-corrected chi connectivity index (χ1v) is 7.23. The molecule has 3 rings (SSSR count). The van der Waals surface area contributed by atoms with Crippen LogP contribution in [0, 0.1) is 11.8 Å². The van der Waals surface area contributed by atoms with Gasteiger partial charge in [-0.15, -0.1) is 0 Å². The van der Waals surface area contributed by atoms with Gasteiger partial charge in [0.15, 0.2) is 0 Å². The number of fused-ring (bicyclic) bond motifs is 1. The highest BCUT2D eigenvalue weighted by atomic mass is 35.5. The summed E-state index contributed by atoms with van der Waals surface area (Å²) < 4.78 is 5.72. The van der Waals surface area contributed by atoms with Crippen LogP contribution in [0.5, 0.6) is 5.75 Å². The standard InChI is InChI=1S/C18H14ClNO/c1-2-3-4-13-5-7-14(8-6-13)17-12-21-18-11-15(19)9-10-16(18)20-17/h5-11H,2,12H2,1H3. The molecule has 0 N–H and O–H groups in total. The maximum Gasteiger partial charge on any atom is 0.146 e. The second-order valence-electron chi connectivity index (χ2n) is 4.69. The SMILES string of the molecule is CCC#Cc1ccc(C2=Nc3ccc(Cl)cc3OC2)cc1. The summed E-state index contributed by atoms with van der Waals surface area (Å²) in [6.45, 7) is 2.49. The van der Waals surface area contributed by atoms with Crippen molar-refractivity contribution in [1.82, 2.24) is 0 Å². The molecule has 1 aliphatic rings. The highest BCUT2D eigenvalue weighted by Crippen LogP contribution is 2.33. The number of aliphatic imine (C=N–C) groups is 1. The van der Waals surface area contributed by atoms with E-state index >= 15 is 0 Å². The lowest BCUT2D eigenvalue weighted by Crippen LogP contribution is -2.16. The Labute approximate surface area is 129 Å². The number of halogens is 1. The molecular weight excluding hydrogens is 282 g/mol. The summed E-state index contributed by atoms with van der Waals surface area (Å²) in [4.78, 5) is 4.65. The van der Waals surface area contributed by atoms with Crippen molar-refractivity contribution < 1.29 is 4.74 Å². The Balaban J connectivity index is 1.89. The van der Waals surface area contributed by atoms with E-state index in [2.05, 4.69) is 16.8 Å². The molecule has 3 heteroatoms. The van der Waals surface area contributed by atoms with Gasteiger partial charge in [0, 0.05) is 23.1 Å². The first-order valence-electron chi connectivity index (χ1n) is 6.85. The largest absolute Gasteiger partial charge is 0.485 e. The fourth-order valence-corrected chi connectivity index (χ4v) is 2.27. The predicted octanol–water partition coefficient (Wildman–Crippen LogP) is 4.61. The van der Waals surface area contributed by atoms with Crippen LogP contribution < -0.4 is 4.74 Å². The van der Waals surface area contributed by atoms with Crippen LogP contribution in [0.4, 0.5) is 5.69 Å². The van der Waals surface area contributed by atoms with Crippen molar-refractivity contribution in [2.45, 2.75) is 13.3 Å². The van der Waals surface area contributed by atoms with Gasteiger partial charge >= 0.3 is 0 Å². The van der Waals surface area contributed by atoms with E-state index in [1.54, 1.807) is 6.07 Å². The first-order chi connectivity index (χ1) is 10.3. The van der Waals surface area contributed by atoms with E-state index < -0.39 is 0 Å². The average molecular weight is 296 g/mol. The van der Waals surface area contributed by atoms with E-state index in [9.17, 15) is 0 Å².